The van der Waals surface area contributed by atoms with Gasteiger partial charge in [-0.15, -0.1) is 0 Å². The van der Waals surface area contributed by atoms with Crippen LogP contribution in [-0.2, 0) is 67.4 Å². The zero-order valence-electron chi connectivity index (χ0n) is 47.4. The molecule has 6 rings (SSSR count). The Morgan fingerprint density at radius 3 is 0.451 bits per heavy atom. The van der Waals surface area contributed by atoms with Gasteiger partial charge in [0.15, 0.2) is 0 Å². The van der Waals surface area contributed by atoms with E-state index in [9.17, 15) is 0 Å². The van der Waals surface area contributed by atoms with Crippen molar-refractivity contribution in [1.29, 1.82) is 0 Å². The van der Waals surface area contributed by atoms with Crippen molar-refractivity contribution in [3.63, 3.8) is 0 Å². The average Bonchev–Trinajstić information content (AvgIpc) is 3.27. The molecule has 0 saturated heterocycles. The molecule has 0 aliphatic heterocycles. The van der Waals surface area contributed by atoms with Crippen LogP contribution in [0, 0.1) is 0 Å². The quantitative estimate of drug-likeness (QED) is 0.115. The zero-order valence-corrected chi connectivity index (χ0v) is 48.3. The standard InChI is InChI=1S/C66H87O4P/c1-58(2,3)46-34-22-28-40-52(46)64(19,53-41-29-23-35-47(53)59(4,5)6)68-71(67,69-65(20,54-42-30-24-36-48(54)60(7,8)9)55-43-31-25-37-49(55)61(10,11)12)70-66(21,56-44-32-26-38-50(56)62(13,14)15)57-45-33-27-39-51(57)63(16,17)18/h22-45H,1-21H3. The predicted octanol–water partition coefficient (Wildman–Crippen LogP) is 18.8. The van der Waals surface area contributed by atoms with Crippen LogP contribution >= 0.6 is 7.82 Å². The SMILES string of the molecule is CC(C)(C)c1ccccc1C(C)(OP(=O)(OC(C)(c1ccccc1C(C)(C)C)c1ccccc1C(C)(C)C)OC(C)(c1ccccc1C(C)(C)C)c1ccccc1C(C)(C)C)c1ccccc1C(C)(C)C. The molecule has 0 amide bonds. The van der Waals surface area contributed by atoms with Crippen molar-refractivity contribution in [2.45, 2.75) is 195 Å². The van der Waals surface area contributed by atoms with Gasteiger partial charge in [0.05, 0.1) is 0 Å². The van der Waals surface area contributed by atoms with Crippen LogP contribution in [0.25, 0.3) is 0 Å². The van der Waals surface area contributed by atoms with E-state index in [2.05, 4.69) is 291 Å². The molecule has 6 aromatic carbocycles. The van der Waals surface area contributed by atoms with Crippen molar-refractivity contribution in [1.82, 2.24) is 0 Å². The number of hydrogen-bond acceptors (Lipinski definition) is 4. The first-order valence-electron chi connectivity index (χ1n) is 25.8. The zero-order chi connectivity index (χ0) is 53.0. The van der Waals surface area contributed by atoms with Gasteiger partial charge in [0.1, 0.15) is 16.8 Å². The maximum atomic E-state index is 18.2. The fraction of sp³-hybridized carbons (Fsp3) is 0.455. The van der Waals surface area contributed by atoms with Gasteiger partial charge in [-0.3, -0.25) is 13.6 Å². The Hall–Kier alpha value is -4.57. The van der Waals surface area contributed by atoms with Crippen LogP contribution in [0.3, 0.4) is 0 Å². The summed E-state index contributed by atoms with van der Waals surface area (Å²) in [6, 6.07) is 50.7. The highest BCUT2D eigenvalue weighted by atomic mass is 31.2. The molecule has 0 saturated carbocycles. The monoisotopic (exact) mass is 975 g/mol. The van der Waals surface area contributed by atoms with Crippen LogP contribution in [0.1, 0.15) is 212 Å². The Morgan fingerprint density at radius 1 is 0.225 bits per heavy atom. The average molecular weight is 975 g/mol. The summed E-state index contributed by atoms with van der Waals surface area (Å²) in [5.74, 6) is 0. The summed E-state index contributed by atoms with van der Waals surface area (Å²) in [5.41, 5.74) is 5.47. The van der Waals surface area contributed by atoms with Gasteiger partial charge in [-0.1, -0.05) is 270 Å². The molecule has 0 unspecified atom stereocenters. The van der Waals surface area contributed by atoms with Crippen LogP contribution < -0.4 is 0 Å². The number of phosphoric acid groups is 1. The lowest BCUT2D eigenvalue weighted by Crippen LogP contribution is -2.39. The first kappa shape index (κ1) is 55.7. The molecule has 0 aliphatic carbocycles. The van der Waals surface area contributed by atoms with Gasteiger partial charge in [0.2, 0.25) is 0 Å². The molecule has 71 heavy (non-hydrogen) atoms. The van der Waals surface area contributed by atoms with Gasteiger partial charge in [0, 0.05) is 0 Å². The van der Waals surface area contributed by atoms with Crippen LogP contribution in [0.4, 0.5) is 0 Å². The predicted molar refractivity (Wildman–Crippen MR) is 301 cm³/mol. The highest BCUT2D eigenvalue weighted by molar-refractivity contribution is 7.48. The van der Waals surface area contributed by atoms with Crippen LogP contribution in [0.15, 0.2) is 146 Å². The summed E-state index contributed by atoms with van der Waals surface area (Å²) >= 11 is 0. The Morgan fingerprint density at radius 2 is 0.338 bits per heavy atom. The number of hydrogen-bond donors (Lipinski definition) is 0. The lowest BCUT2D eigenvalue weighted by molar-refractivity contribution is -0.0312. The molecule has 4 nitrogen and oxygen atoms in total. The van der Waals surface area contributed by atoms with Crippen molar-refractivity contribution in [3.05, 3.63) is 212 Å². The minimum atomic E-state index is -5.01. The largest absolute Gasteiger partial charge is 0.478 e. The summed E-state index contributed by atoms with van der Waals surface area (Å²) < 4.78 is 42.1. The second-order valence-electron chi connectivity index (χ2n) is 26.6. The minimum absolute atomic E-state index is 0.332. The molecular weight excluding hydrogens is 888 g/mol. The summed E-state index contributed by atoms with van der Waals surface area (Å²) in [4.78, 5) is 0. The van der Waals surface area contributed by atoms with Gasteiger partial charge in [0.25, 0.3) is 0 Å². The lowest BCUT2D eigenvalue weighted by Gasteiger charge is -2.46. The molecule has 380 valence electrons. The van der Waals surface area contributed by atoms with E-state index in [1.165, 1.54) is 0 Å². The highest BCUT2D eigenvalue weighted by Gasteiger charge is 2.54. The van der Waals surface area contributed by atoms with Crippen molar-refractivity contribution in [2.24, 2.45) is 0 Å². The molecule has 0 atom stereocenters. The molecule has 0 N–H and O–H groups in total. The first-order chi connectivity index (χ1) is 32.5. The number of rotatable bonds is 12. The van der Waals surface area contributed by atoms with Gasteiger partial charge in [-0.05, 0) is 120 Å². The van der Waals surface area contributed by atoms with Crippen LogP contribution in [-0.4, -0.2) is 0 Å². The highest BCUT2D eigenvalue weighted by Crippen LogP contribution is 2.67. The summed E-state index contributed by atoms with van der Waals surface area (Å²) in [7, 11) is -5.01. The minimum Gasteiger partial charge on any atom is -0.271 e. The summed E-state index contributed by atoms with van der Waals surface area (Å²) in [5, 5.41) is 0. The van der Waals surface area contributed by atoms with Gasteiger partial charge in [-0.25, -0.2) is 4.57 Å². The molecule has 0 fully saturated rings. The molecule has 0 aliphatic rings. The fourth-order valence-electron chi connectivity index (χ4n) is 10.8. The second kappa shape index (κ2) is 19.4. The molecule has 0 spiro atoms. The second-order valence-corrected chi connectivity index (χ2v) is 28.0. The third kappa shape index (κ3) is 11.5. The summed E-state index contributed by atoms with van der Waals surface area (Å²) in [6.07, 6.45) is 0. The van der Waals surface area contributed by atoms with E-state index >= 15 is 4.57 Å². The van der Waals surface area contributed by atoms with Gasteiger partial charge < -0.3 is 0 Å². The fourth-order valence-corrected chi connectivity index (χ4v) is 12.8. The van der Waals surface area contributed by atoms with Crippen molar-refractivity contribution >= 4 is 7.82 Å². The van der Waals surface area contributed by atoms with E-state index in [0.717, 1.165) is 66.8 Å². The third-order valence-electron chi connectivity index (χ3n) is 14.4. The van der Waals surface area contributed by atoms with Crippen LogP contribution in [0.2, 0.25) is 0 Å². The van der Waals surface area contributed by atoms with Crippen molar-refractivity contribution in [2.75, 3.05) is 0 Å². The van der Waals surface area contributed by atoms with Crippen LogP contribution in [0.5, 0.6) is 0 Å². The van der Waals surface area contributed by atoms with Gasteiger partial charge in [-0.2, -0.15) is 0 Å². The third-order valence-corrected chi connectivity index (χ3v) is 16.1. The Bertz CT molecular complexity index is 2390. The van der Waals surface area contributed by atoms with E-state index in [-0.39, 0.29) is 32.5 Å². The number of benzene rings is 6. The maximum absolute atomic E-state index is 18.2. The van der Waals surface area contributed by atoms with Crippen molar-refractivity contribution < 1.29 is 18.1 Å². The van der Waals surface area contributed by atoms with E-state index in [0.29, 0.717) is 0 Å². The maximum Gasteiger partial charge on any atom is 0.478 e. The molecule has 0 bridgehead atoms. The molecule has 0 heterocycles. The smallest absolute Gasteiger partial charge is 0.271 e. The molecule has 0 radical (unpaired) electrons. The number of phosphoric ester groups is 1. The molecule has 5 heteroatoms. The lowest BCUT2D eigenvalue weighted by atomic mass is 9.72. The topological polar surface area (TPSA) is 44.8 Å². The van der Waals surface area contributed by atoms with Gasteiger partial charge >= 0.3 is 7.82 Å². The first-order valence-corrected chi connectivity index (χ1v) is 27.3. The normalized spacial score (nSPS) is 13.9. The van der Waals surface area contributed by atoms with E-state index < -0.39 is 24.6 Å². The Balaban J connectivity index is 1.87. The molecule has 0 aromatic heterocycles. The van der Waals surface area contributed by atoms with E-state index in [4.69, 9.17) is 13.6 Å². The Labute approximate surface area is 431 Å². The van der Waals surface area contributed by atoms with E-state index in [1.54, 1.807) is 0 Å². The summed E-state index contributed by atoms with van der Waals surface area (Å²) in [6.45, 7) is 46.3. The molecule has 6 aromatic rings. The van der Waals surface area contributed by atoms with Crippen molar-refractivity contribution in [3.8, 4) is 0 Å². The van der Waals surface area contributed by atoms with E-state index in [1.807, 2.05) is 0 Å². The molecular formula is C66H87O4P. The Kier molecular flexibility index (Phi) is 15.2.